The van der Waals surface area contributed by atoms with Gasteiger partial charge < -0.3 is 11.1 Å². The molecule has 0 atom stereocenters. The third-order valence-corrected chi connectivity index (χ3v) is 2.74. The molecule has 0 aliphatic carbocycles. The van der Waals surface area contributed by atoms with Crippen LogP contribution in [0.2, 0.25) is 0 Å². The molecule has 0 saturated carbocycles. The van der Waals surface area contributed by atoms with Gasteiger partial charge in [0.2, 0.25) is 0 Å². The van der Waals surface area contributed by atoms with Crippen molar-refractivity contribution in [2.75, 3.05) is 11.1 Å². The molecular formula is C15H15FN2O. The van der Waals surface area contributed by atoms with Gasteiger partial charge in [-0.15, -0.1) is 0 Å². The molecule has 3 N–H and O–H groups in total. The number of anilines is 2. The van der Waals surface area contributed by atoms with Crippen molar-refractivity contribution in [3.8, 4) is 0 Å². The number of hydrogen-bond acceptors (Lipinski definition) is 2. The second kappa shape index (κ2) is 5.10. The summed E-state index contributed by atoms with van der Waals surface area (Å²) in [5, 5.41) is 2.74. The van der Waals surface area contributed by atoms with Gasteiger partial charge in [-0.05, 0) is 55.3 Å². The summed E-state index contributed by atoms with van der Waals surface area (Å²) in [5.74, 6) is -0.947. The maximum Gasteiger partial charge on any atom is 0.255 e. The molecule has 0 fully saturated rings. The zero-order valence-electron chi connectivity index (χ0n) is 10.8. The van der Waals surface area contributed by atoms with Crippen molar-refractivity contribution in [1.82, 2.24) is 0 Å². The predicted octanol–water partition coefficient (Wildman–Crippen LogP) is 3.28. The Bertz CT molecular complexity index is 618. The van der Waals surface area contributed by atoms with Crippen LogP contribution in [-0.2, 0) is 0 Å². The maximum atomic E-state index is 13.3. The lowest BCUT2D eigenvalue weighted by molar-refractivity contribution is 0.102. The number of hydrogen-bond donors (Lipinski definition) is 2. The van der Waals surface area contributed by atoms with Gasteiger partial charge in [-0.3, -0.25) is 4.79 Å². The summed E-state index contributed by atoms with van der Waals surface area (Å²) in [4.78, 5) is 12.0. The highest BCUT2D eigenvalue weighted by molar-refractivity contribution is 6.04. The third-order valence-electron chi connectivity index (χ3n) is 2.74. The number of halogens is 1. The van der Waals surface area contributed by atoms with E-state index >= 15 is 0 Å². The van der Waals surface area contributed by atoms with Crippen LogP contribution in [0.3, 0.4) is 0 Å². The molecule has 0 bridgehead atoms. The van der Waals surface area contributed by atoms with Gasteiger partial charge in [-0.2, -0.15) is 0 Å². The van der Waals surface area contributed by atoms with Gasteiger partial charge in [0.25, 0.3) is 5.91 Å². The van der Waals surface area contributed by atoms with Gasteiger partial charge in [0.1, 0.15) is 5.82 Å². The van der Waals surface area contributed by atoms with Crippen LogP contribution in [0, 0.1) is 19.7 Å². The minimum atomic E-state index is -0.590. The molecule has 2 aromatic rings. The van der Waals surface area contributed by atoms with Gasteiger partial charge in [0.15, 0.2) is 0 Å². The number of carbonyl (C=O) groups is 1. The Kier molecular flexibility index (Phi) is 3.51. The molecule has 2 aromatic carbocycles. The van der Waals surface area contributed by atoms with Crippen LogP contribution in [0.1, 0.15) is 21.5 Å². The van der Waals surface area contributed by atoms with Crippen molar-refractivity contribution in [1.29, 1.82) is 0 Å². The first-order chi connectivity index (χ1) is 8.95. The molecule has 0 aliphatic heterocycles. The average molecular weight is 258 g/mol. The Morgan fingerprint density at radius 1 is 1.11 bits per heavy atom. The van der Waals surface area contributed by atoms with E-state index in [9.17, 15) is 9.18 Å². The zero-order chi connectivity index (χ0) is 14.0. The third kappa shape index (κ3) is 3.10. The molecule has 0 unspecified atom stereocenters. The first-order valence-electron chi connectivity index (χ1n) is 5.90. The number of nitrogen functional groups attached to an aromatic ring is 1. The zero-order valence-corrected chi connectivity index (χ0v) is 10.8. The van der Waals surface area contributed by atoms with Gasteiger partial charge in [-0.25, -0.2) is 4.39 Å². The minimum absolute atomic E-state index is 0.0305. The van der Waals surface area contributed by atoms with Crippen LogP contribution in [0.5, 0.6) is 0 Å². The first kappa shape index (κ1) is 13.1. The lowest BCUT2D eigenvalue weighted by Crippen LogP contribution is -2.12. The standard InChI is InChI=1S/C15H15FN2O/c1-9-5-10(2)7-12(6-9)18-15(19)11-3-4-14(17)13(16)8-11/h3-8H,17H2,1-2H3,(H,18,19). The van der Waals surface area contributed by atoms with Gasteiger partial charge in [-0.1, -0.05) is 6.07 Å². The van der Waals surface area contributed by atoms with Crippen LogP contribution < -0.4 is 11.1 Å². The molecule has 4 heteroatoms. The Hall–Kier alpha value is -2.36. The van der Waals surface area contributed by atoms with Crippen LogP contribution >= 0.6 is 0 Å². The normalized spacial score (nSPS) is 10.3. The second-order valence-electron chi connectivity index (χ2n) is 4.57. The number of carbonyl (C=O) groups excluding carboxylic acids is 1. The predicted molar refractivity (Wildman–Crippen MR) is 74.7 cm³/mol. The Labute approximate surface area is 111 Å². The van der Waals surface area contributed by atoms with E-state index in [1.165, 1.54) is 12.1 Å². The summed E-state index contributed by atoms with van der Waals surface area (Å²) < 4.78 is 13.3. The summed E-state index contributed by atoms with van der Waals surface area (Å²) in [6.07, 6.45) is 0. The largest absolute Gasteiger partial charge is 0.396 e. The summed E-state index contributed by atoms with van der Waals surface area (Å²) in [6, 6.07) is 9.74. The Balaban J connectivity index is 2.22. The Morgan fingerprint density at radius 3 is 2.32 bits per heavy atom. The van der Waals surface area contributed by atoms with Crippen LogP contribution in [0.15, 0.2) is 36.4 Å². The van der Waals surface area contributed by atoms with Gasteiger partial charge in [0.05, 0.1) is 5.69 Å². The molecule has 0 saturated heterocycles. The minimum Gasteiger partial charge on any atom is -0.396 e. The van der Waals surface area contributed by atoms with Crippen molar-refractivity contribution in [2.24, 2.45) is 0 Å². The van der Waals surface area contributed by atoms with Crippen molar-refractivity contribution < 1.29 is 9.18 Å². The number of aryl methyl sites for hydroxylation is 2. The van der Waals surface area contributed by atoms with E-state index in [2.05, 4.69) is 5.32 Å². The fourth-order valence-electron chi connectivity index (χ4n) is 1.92. The smallest absolute Gasteiger partial charge is 0.255 e. The molecule has 0 heterocycles. The lowest BCUT2D eigenvalue weighted by atomic mass is 10.1. The molecule has 0 aliphatic rings. The first-order valence-corrected chi connectivity index (χ1v) is 5.90. The summed E-state index contributed by atoms with van der Waals surface area (Å²) in [5.41, 5.74) is 8.45. The van der Waals surface area contributed by atoms with E-state index in [0.717, 1.165) is 17.2 Å². The van der Waals surface area contributed by atoms with Crippen molar-refractivity contribution in [2.45, 2.75) is 13.8 Å². The summed E-state index contributed by atoms with van der Waals surface area (Å²) in [6.45, 7) is 3.90. The molecule has 19 heavy (non-hydrogen) atoms. The molecule has 0 radical (unpaired) electrons. The highest BCUT2D eigenvalue weighted by Gasteiger charge is 2.09. The fourth-order valence-corrected chi connectivity index (χ4v) is 1.92. The number of nitrogens with two attached hydrogens (primary N) is 1. The lowest BCUT2D eigenvalue weighted by Gasteiger charge is -2.08. The van der Waals surface area contributed by atoms with E-state index in [1.807, 2.05) is 32.0 Å². The number of benzene rings is 2. The Morgan fingerprint density at radius 2 is 1.74 bits per heavy atom. The fraction of sp³-hybridized carbons (Fsp3) is 0.133. The number of amides is 1. The molecule has 1 amide bonds. The summed E-state index contributed by atoms with van der Waals surface area (Å²) in [7, 11) is 0. The molecule has 0 aromatic heterocycles. The quantitative estimate of drug-likeness (QED) is 0.812. The number of nitrogens with one attached hydrogen (secondary N) is 1. The highest BCUT2D eigenvalue weighted by Crippen LogP contribution is 2.16. The second-order valence-corrected chi connectivity index (χ2v) is 4.57. The van der Waals surface area contributed by atoms with E-state index in [-0.39, 0.29) is 17.2 Å². The summed E-state index contributed by atoms with van der Waals surface area (Å²) >= 11 is 0. The van der Waals surface area contributed by atoms with Gasteiger partial charge >= 0.3 is 0 Å². The van der Waals surface area contributed by atoms with Crippen molar-refractivity contribution in [3.05, 3.63) is 58.9 Å². The van der Waals surface area contributed by atoms with Crippen molar-refractivity contribution in [3.63, 3.8) is 0 Å². The van der Waals surface area contributed by atoms with Crippen LogP contribution in [0.25, 0.3) is 0 Å². The maximum absolute atomic E-state index is 13.3. The molecule has 3 nitrogen and oxygen atoms in total. The molecule has 0 spiro atoms. The molecular weight excluding hydrogens is 243 g/mol. The highest BCUT2D eigenvalue weighted by atomic mass is 19.1. The topological polar surface area (TPSA) is 55.1 Å². The molecule has 2 rings (SSSR count). The van der Waals surface area contributed by atoms with E-state index in [1.54, 1.807) is 0 Å². The molecule has 98 valence electrons. The monoisotopic (exact) mass is 258 g/mol. The van der Waals surface area contributed by atoms with E-state index < -0.39 is 5.82 Å². The van der Waals surface area contributed by atoms with Gasteiger partial charge in [0, 0.05) is 11.3 Å². The van der Waals surface area contributed by atoms with Crippen LogP contribution in [-0.4, -0.2) is 5.91 Å². The van der Waals surface area contributed by atoms with E-state index in [4.69, 9.17) is 5.73 Å². The number of rotatable bonds is 2. The van der Waals surface area contributed by atoms with E-state index in [0.29, 0.717) is 5.69 Å². The van der Waals surface area contributed by atoms with Crippen molar-refractivity contribution >= 4 is 17.3 Å². The average Bonchev–Trinajstić information content (AvgIpc) is 2.31. The SMILES string of the molecule is Cc1cc(C)cc(NC(=O)c2ccc(N)c(F)c2)c1. The van der Waals surface area contributed by atoms with Crippen LogP contribution in [0.4, 0.5) is 15.8 Å².